The molecule has 0 aromatic carbocycles. The van der Waals surface area contributed by atoms with Gasteiger partial charge in [0, 0.05) is 12.8 Å². The fourth-order valence-electron chi connectivity index (χ4n) is 7.39. The maximum absolute atomic E-state index is 12.4. The highest BCUT2D eigenvalue weighted by atomic mass is 16.5. The fourth-order valence-corrected chi connectivity index (χ4v) is 7.39. The zero-order chi connectivity index (χ0) is 40.8. The van der Waals surface area contributed by atoms with Crippen molar-refractivity contribution in [3.05, 3.63) is 24.3 Å². The molecule has 6 nitrogen and oxygen atoms in total. The summed E-state index contributed by atoms with van der Waals surface area (Å²) in [6, 6.07) is -0.652. The van der Waals surface area contributed by atoms with E-state index < -0.39 is 12.1 Å². The van der Waals surface area contributed by atoms with Crippen molar-refractivity contribution in [2.75, 3.05) is 13.2 Å². The molecule has 3 N–H and O–H groups in total. The molecule has 0 heterocycles. The second-order valence-electron chi connectivity index (χ2n) is 16.8. The Morgan fingerprint density at radius 3 is 1.27 bits per heavy atom. The van der Waals surface area contributed by atoms with Crippen LogP contribution in [0.5, 0.6) is 0 Å². The Bertz CT molecular complexity index is 874. The third kappa shape index (κ3) is 42.0. The van der Waals surface area contributed by atoms with Crippen molar-refractivity contribution in [1.82, 2.24) is 5.32 Å². The number of aliphatic hydroxyl groups excluding tert-OH is 2. The maximum atomic E-state index is 12.4. The molecule has 0 aromatic rings. The smallest absolute Gasteiger partial charge is 0.305 e. The molecule has 0 saturated heterocycles. The SMILES string of the molecule is CCCCCCCCCCCCCCCCC/C=C/C(O)C(CO)NC(=O)CCCCCC/C=C\CCCCOC(=O)CCCCCCCCCCCCCC. The number of ether oxygens (including phenoxy) is 1. The van der Waals surface area contributed by atoms with Crippen LogP contribution in [-0.2, 0) is 14.3 Å². The minimum atomic E-state index is -0.865. The Kier molecular flexibility index (Phi) is 44.7. The molecule has 330 valence electrons. The fraction of sp³-hybridized carbons (Fsp3) is 0.880. The number of carbonyl (C=O) groups is 2. The van der Waals surface area contributed by atoms with E-state index in [1.54, 1.807) is 6.08 Å². The molecule has 56 heavy (non-hydrogen) atoms. The van der Waals surface area contributed by atoms with Crippen molar-refractivity contribution >= 4 is 11.9 Å². The van der Waals surface area contributed by atoms with Gasteiger partial charge in [-0.3, -0.25) is 9.59 Å². The van der Waals surface area contributed by atoms with Gasteiger partial charge in [-0.25, -0.2) is 0 Å². The van der Waals surface area contributed by atoms with E-state index in [9.17, 15) is 19.8 Å². The molecular formula is C50H95NO5. The molecule has 2 unspecified atom stereocenters. The zero-order valence-electron chi connectivity index (χ0n) is 37.4. The van der Waals surface area contributed by atoms with Crippen molar-refractivity contribution in [3.8, 4) is 0 Å². The van der Waals surface area contributed by atoms with Crippen LogP contribution in [-0.4, -0.2) is 47.4 Å². The van der Waals surface area contributed by atoms with E-state index >= 15 is 0 Å². The summed E-state index contributed by atoms with van der Waals surface area (Å²) in [4.78, 5) is 24.4. The van der Waals surface area contributed by atoms with E-state index in [0.29, 0.717) is 19.4 Å². The first-order valence-electron chi connectivity index (χ1n) is 24.6. The number of hydrogen-bond donors (Lipinski definition) is 3. The number of allylic oxidation sites excluding steroid dienone is 3. The molecule has 2 atom stereocenters. The quantitative estimate of drug-likeness (QED) is 0.0324. The van der Waals surface area contributed by atoms with Crippen LogP contribution < -0.4 is 5.32 Å². The summed E-state index contributed by atoms with van der Waals surface area (Å²) in [5, 5.41) is 23.0. The van der Waals surface area contributed by atoms with Gasteiger partial charge in [0.1, 0.15) is 0 Å². The van der Waals surface area contributed by atoms with Gasteiger partial charge in [0.2, 0.25) is 5.91 Å². The van der Waals surface area contributed by atoms with E-state index in [2.05, 4.69) is 31.3 Å². The Labute approximate surface area is 348 Å². The Morgan fingerprint density at radius 2 is 0.839 bits per heavy atom. The van der Waals surface area contributed by atoms with Crippen molar-refractivity contribution in [2.45, 2.75) is 270 Å². The molecule has 0 aliphatic rings. The molecule has 0 bridgehead atoms. The van der Waals surface area contributed by atoms with E-state index in [-0.39, 0.29) is 18.5 Å². The summed E-state index contributed by atoms with van der Waals surface area (Å²) in [7, 11) is 0. The first-order valence-corrected chi connectivity index (χ1v) is 24.6. The van der Waals surface area contributed by atoms with Gasteiger partial charge in [0.25, 0.3) is 0 Å². The molecule has 0 aliphatic carbocycles. The number of aliphatic hydroxyl groups is 2. The summed E-state index contributed by atoms with van der Waals surface area (Å²) in [6.07, 6.45) is 53.2. The standard InChI is InChI=1S/C50H95NO5/c1-3-5-7-9-11-13-15-17-18-19-20-21-22-26-30-34-38-42-48(53)47(46-52)51-49(54)43-39-35-31-27-24-25-29-33-37-41-45-56-50(55)44-40-36-32-28-23-16-14-12-10-8-6-4-2/h25,29,38,42,47-48,52-53H,3-24,26-28,30-37,39-41,43-46H2,1-2H3,(H,51,54)/b29-25-,42-38+. The normalized spacial score (nSPS) is 12.9. The third-order valence-corrected chi connectivity index (χ3v) is 11.2. The third-order valence-electron chi connectivity index (χ3n) is 11.2. The predicted molar refractivity (Wildman–Crippen MR) is 241 cm³/mol. The van der Waals surface area contributed by atoms with Gasteiger partial charge in [0.15, 0.2) is 0 Å². The highest BCUT2D eigenvalue weighted by molar-refractivity contribution is 5.76. The molecule has 0 aromatic heterocycles. The second-order valence-corrected chi connectivity index (χ2v) is 16.8. The van der Waals surface area contributed by atoms with Gasteiger partial charge in [-0.05, 0) is 57.8 Å². The van der Waals surface area contributed by atoms with Crippen LogP contribution in [0.4, 0.5) is 0 Å². The van der Waals surface area contributed by atoms with Crippen molar-refractivity contribution in [2.24, 2.45) is 0 Å². The first-order chi connectivity index (χ1) is 27.5. The minimum Gasteiger partial charge on any atom is -0.466 e. The number of esters is 1. The van der Waals surface area contributed by atoms with Crippen LogP contribution >= 0.6 is 0 Å². The molecule has 0 saturated carbocycles. The van der Waals surface area contributed by atoms with Crippen molar-refractivity contribution in [1.29, 1.82) is 0 Å². The maximum Gasteiger partial charge on any atom is 0.305 e. The number of carbonyl (C=O) groups excluding carboxylic acids is 2. The van der Waals surface area contributed by atoms with Gasteiger partial charge >= 0.3 is 5.97 Å². The van der Waals surface area contributed by atoms with Crippen molar-refractivity contribution in [3.63, 3.8) is 0 Å². The molecule has 0 spiro atoms. The molecule has 0 fully saturated rings. The van der Waals surface area contributed by atoms with Gasteiger partial charge in [-0.2, -0.15) is 0 Å². The average Bonchev–Trinajstić information content (AvgIpc) is 3.20. The van der Waals surface area contributed by atoms with Crippen LogP contribution in [0, 0.1) is 0 Å². The number of hydrogen-bond acceptors (Lipinski definition) is 5. The predicted octanol–water partition coefficient (Wildman–Crippen LogP) is 14.3. The molecule has 0 rings (SSSR count). The lowest BCUT2D eigenvalue weighted by Crippen LogP contribution is -2.45. The average molecular weight is 790 g/mol. The van der Waals surface area contributed by atoms with Crippen LogP contribution in [0.25, 0.3) is 0 Å². The second kappa shape index (κ2) is 46.0. The first kappa shape index (κ1) is 54.3. The summed E-state index contributed by atoms with van der Waals surface area (Å²) < 4.78 is 5.42. The summed E-state index contributed by atoms with van der Waals surface area (Å²) in [5.41, 5.74) is 0. The minimum absolute atomic E-state index is 0.0380. The number of amides is 1. The van der Waals surface area contributed by atoms with Crippen LogP contribution in [0.15, 0.2) is 24.3 Å². The number of rotatable bonds is 45. The highest BCUT2D eigenvalue weighted by Gasteiger charge is 2.18. The lowest BCUT2D eigenvalue weighted by molar-refractivity contribution is -0.143. The summed E-state index contributed by atoms with van der Waals surface area (Å²) in [5.74, 6) is -0.141. The van der Waals surface area contributed by atoms with Crippen molar-refractivity contribution < 1.29 is 24.5 Å². The largest absolute Gasteiger partial charge is 0.466 e. The van der Waals surface area contributed by atoms with Gasteiger partial charge in [0.05, 0.1) is 25.4 Å². The molecule has 0 radical (unpaired) electrons. The monoisotopic (exact) mass is 790 g/mol. The lowest BCUT2D eigenvalue weighted by Gasteiger charge is -2.20. The Balaban J connectivity index is 3.58. The van der Waals surface area contributed by atoms with Crippen LogP contribution in [0.3, 0.4) is 0 Å². The summed E-state index contributed by atoms with van der Waals surface area (Å²) >= 11 is 0. The number of unbranched alkanes of at least 4 members (excludes halogenated alkanes) is 32. The Hall–Kier alpha value is -1.66. The lowest BCUT2D eigenvalue weighted by atomic mass is 10.0. The molecule has 0 aliphatic heterocycles. The molecular weight excluding hydrogens is 695 g/mol. The van der Waals surface area contributed by atoms with E-state index in [4.69, 9.17) is 4.74 Å². The molecule has 6 heteroatoms. The number of nitrogens with one attached hydrogen (secondary N) is 1. The highest BCUT2D eigenvalue weighted by Crippen LogP contribution is 2.15. The summed E-state index contributed by atoms with van der Waals surface area (Å²) in [6.45, 7) is 4.81. The molecule has 1 amide bonds. The van der Waals surface area contributed by atoms with Gasteiger partial charge in [-0.15, -0.1) is 0 Å². The van der Waals surface area contributed by atoms with E-state index in [0.717, 1.165) is 77.0 Å². The van der Waals surface area contributed by atoms with Gasteiger partial charge < -0.3 is 20.3 Å². The Morgan fingerprint density at radius 1 is 0.482 bits per heavy atom. The topological polar surface area (TPSA) is 95.9 Å². The van der Waals surface area contributed by atoms with E-state index in [1.807, 2.05) is 6.08 Å². The van der Waals surface area contributed by atoms with Gasteiger partial charge in [-0.1, -0.05) is 212 Å². The zero-order valence-corrected chi connectivity index (χ0v) is 37.4. The van der Waals surface area contributed by atoms with Crippen LogP contribution in [0.1, 0.15) is 258 Å². The van der Waals surface area contributed by atoms with E-state index in [1.165, 1.54) is 154 Å². The van der Waals surface area contributed by atoms with Crippen LogP contribution in [0.2, 0.25) is 0 Å².